The van der Waals surface area contributed by atoms with Gasteiger partial charge in [-0.2, -0.15) is 4.98 Å². The monoisotopic (exact) mass is 244 g/mol. The summed E-state index contributed by atoms with van der Waals surface area (Å²) >= 11 is 0. The summed E-state index contributed by atoms with van der Waals surface area (Å²) in [5, 5.41) is 11.0. The van der Waals surface area contributed by atoms with Crippen LogP contribution in [0.25, 0.3) is 0 Å². The van der Waals surface area contributed by atoms with E-state index in [0.717, 1.165) is 23.5 Å². The smallest absolute Gasteiger partial charge is 0.341 e. The summed E-state index contributed by atoms with van der Waals surface area (Å²) in [5.74, 6) is 0.716. The van der Waals surface area contributed by atoms with E-state index in [1.165, 1.54) is 0 Å². The van der Waals surface area contributed by atoms with E-state index in [1.807, 2.05) is 45.2 Å². The minimum Gasteiger partial charge on any atom is -0.423 e. The molecule has 0 saturated carbocycles. The van der Waals surface area contributed by atoms with Crippen LogP contribution in [0.15, 0.2) is 24.3 Å². The highest BCUT2D eigenvalue weighted by atomic mass is 16.5. The molecule has 0 unspecified atom stereocenters. The number of nitrogens with one attached hydrogen (secondary N) is 1. The van der Waals surface area contributed by atoms with Crippen LogP contribution in [0.2, 0.25) is 0 Å². The highest BCUT2D eigenvalue weighted by molar-refractivity contribution is 5.30. The SMILES string of the molecule is CNCc1cccc(Oc2nnc(C)c(C)n2)c1. The van der Waals surface area contributed by atoms with Crippen molar-refractivity contribution in [2.45, 2.75) is 20.4 Å². The van der Waals surface area contributed by atoms with Crippen molar-refractivity contribution >= 4 is 0 Å². The van der Waals surface area contributed by atoms with Gasteiger partial charge >= 0.3 is 6.01 Å². The molecule has 1 aromatic heterocycles. The molecule has 2 aromatic rings. The second kappa shape index (κ2) is 5.55. The Morgan fingerprint density at radius 2 is 2.00 bits per heavy atom. The van der Waals surface area contributed by atoms with Gasteiger partial charge in [0.05, 0.1) is 11.4 Å². The molecule has 0 aliphatic carbocycles. The van der Waals surface area contributed by atoms with Crippen LogP contribution in [-0.4, -0.2) is 22.2 Å². The first-order valence-corrected chi connectivity index (χ1v) is 5.78. The Balaban J connectivity index is 2.17. The third kappa shape index (κ3) is 3.01. The average molecular weight is 244 g/mol. The number of aryl methyl sites for hydroxylation is 2. The number of benzene rings is 1. The molecule has 0 saturated heterocycles. The molecule has 0 aliphatic rings. The van der Waals surface area contributed by atoms with Gasteiger partial charge < -0.3 is 10.1 Å². The number of rotatable bonds is 4. The molecule has 1 aromatic carbocycles. The molecule has 0 aliphatic heterocycles. The molecule has 2 rings (SSSR count). The van der Waals surface area contributed by atoms with E-state index in [4.69, 9.17) is 4.74 Å². The zero-order valence-electron chi connectivity index (χ0n) is 10.8. The Morgan fingerprint density at radius 3 is 2.72 bits per heavy atom. The maximum atomic E-state index is 5.59. The number of ether oxygens (including phenoxy) is 1. The first kappa shape index (κ1) is 12.4. The Labute approximate surface area is 106 Å². The highest BCUT2D eigenvalue weighted by Crippen LogP contribution is 2.19. The summed E-state index contributed by atoms with van der Waals surface area (Å²) in [4.78, 5) is 4.23. The molecule has 5 nitrogen and oxygen atoms in total. The molecular formula is C13H16N4O. The van der Waals surface area contributed by atoms with E-state index < -0.39 is 0 Å². The maximum Gasteiger partial charge on any atom is 0.341 e. The van der Waals surface area contributed by atoms with Gasteiger partial charge in [0.15, 0.2) is 0 Å². The maximum absolute atomic E-state index is 5.59. The van der Waals surface area contributed by atoms with Gasteiger partial charge in [0.25, 0.3) is 0 Å². The van der Waals surface area contributed by atoms with Crippen molar-refractivity contribution in [2.75, 3.05) is 7.05 Å². The fourth-order valence-electron chi connectivity index (χ4n) is 1.51. The summed E-state index contributed by atoms with van der Waals surface area (Å²) in [6.45, 7) is 4.55. The van der Waals surface area contributed by atoms with Crippen molar-refractivity contribution in [2.24, 2.45) is 0 Å². The van der Waals surface area contributed by atoms with E-state index in [-0.39, 0.29) is 6.01 Å². The molecule has 18 heavy (non-hydrogen) atoms. The largest absolute Gasteiger partial charge is 0.423 e. The highest BCUT2D eigenvalue weighted by Gasteiger charge is 2.04. The van der Waals surface area contributed by atoms with Crippen molar-refractivity contribution in [1.82, 2.24) is 20.5 Å². The quantitative estimate of drug-likeness (QED) is 0.891. The van der Waals surface area contributed by atoms with Crippen molar-refractivity contribution in [3.8, 4) is 11.8 Å². The molecule has 0 radical (unpaired) electrons. The topological polar surface area (TPSA) is 59.9 Å². The first-order chi connectivity index (χ1) is 8.69. The number of hydrogen-bond donors (Lipinski definition) is 1. The predicted octanol–water partition coefficient (Wildman–Crippen LogP) is 2.00. The molecule has 0 atom stereocenters. The lowest BCUT2D eigenvalue weighted by atomic mass is 10.2. The fourth-order valence-corrected chi connectivity index (χ4v) is 1.51. The first-order valence-electron chi connectivity index (χ1n) is 5.78. The van der Waals surface area contributed by atoms with Crippen LogP contribution < -0.4 is 10.1 Å². The summed E-state index contributed by atoms with van der Waals surface area (Å²) in [7, 11) is 1.91. The second-order valence-corrected chi connectivity index (χ2v) is 4.04. The lowest BCUT2D eigenvalue weighted by molar-refractivity contribution is 0.429. The third-order valence-electron chi connectivity index (χ3n) is 2.56. The van der Waals surface area contributed by atoms with Gasteiger partial charge in [-0.3, -0.25) is 0 Å². The van der Waals surface area contributed by atoms with Crippen LogP contribution in [-0.2, 0) is 6.54 Å². The number of hydrogen-bond acceptors (Lipinski definition) is 5. The van der Waals surface area contributed by atoms with E-state index in [1.54, 1.807) is 0 Å². The Kier molecular flexibility index (Phi) is 3.84. The fraction of sp³-hybridized carbons (Fsp3) is 0.308. The van der Waals surface area contributed by atoms with Crippen molar-refractivity contribution < 1.29 is 4.74 Å². The van der Waals surface area contributed by atoms with E-state index in [0.29, 0.717) is 5.75 Å². The van der Waals surface area contributed by atoms with E-state index in [9.17, 15) is 0 Å². The summed E-state index contributed by atoms with van der Waals surface area (Å²) in [6, 6.07) is 8.08. The minimum atomic E-state index is 0.278. The molecule has 5 heteroatoms. The van der Waals surface area contributed by atoms with Crippen LogP contribution in [0.4, 0.5) is 0 Å². The Hall–Kier alpha value is -2.01. The summed E-state index contributed by atoms with van der Waals surface area (Å²) in [6.07, 6.45) is 0. The van der Waals surface area contributed by atoms with Gasteiger partial charge in [0.1, 0.15) is 5.75 Å². The molecule has 0 amide bonds. The lowest BCUT2D eigenvalue weighted by Crippen LogP contribution is -2.05. The van der Waals surface area contributed by atoms with Crippen LogP contribution in [0, 0.1) is 13.8 Å². The van der Waals surface area contributed by atoms with Gasteiger partial charge in [0.2, 0.25) is 0 Å². The number of aromatic nitrogens is 3. The molecule has 0 spiro atoms. The molecule has 94 valence electrons. The zero-order chi connectivity index (χ0) is 13.0. The predicted molar refractivity (Wildman–Crippen MR) is 68.6 cm³/mol. The van der Waals surface area contributed by atoms with Gasteiger partial charge in [-0.25, -0.2) is 0 Å². The van der Waals surface area contributed by atoms with Crippen molar-refractivity contribution in [3.63, 3.8) is 0 Å². The number of nitrogens with zero attached hydrogens (tertiary/aromatic N) is 3. The molecule has 0 bridgehead atoms. The van der Waals surface area contributed by atoms with Crippen LogP contribution >= 0.6 is 0 Å². The van der Waals surface area contributed by atoms with Crippen LogP contribution in [0.5, 0.6) is 11.8 Å². The standard InChI is InChI=1S/C13H16N4O/c1-9-10(2)16-17-13(15-9)18-12-6-4-5-11(7-12)8-14-3/h4-7,14H,8H2,1-3H3. The molecule has 0 fully saturated rings. The van der Waals surface area contributed by atoms with Crippen molar-refractivity contribution in [3.05, 3.63) is 41.2 Å². The molecular weight excluding hydrogens is 228 g/mol. The second-order valence-electron chi connectivity index (χ2n) is 4.04. The summed E-state index contributed by atoms with van der Waals surface area (Å²) in [5.41, 5.74) is 2.78. The van der Waals surface area contributed by atoms with Crippen LogP contribution in [0.3, 0.4) is 0 Å². The molecule has 1 heterocycles. The van der Waals surface area contributed by atoms with Gasteiger partial charge in [-0.15, -0.1) is 5.10 Å². The Bertz CT molecular complexity index is 542. The minimum absolute atomic E-state index is 0.278. The zero-order valence-corrected chi connectivity index (χ0v) is 10.8. The molecule has 1 N–H and O–H groups in total. The normalized spacial score (nSPS) is 10.4. The van der Waals surface area contributed by atoms with Gasteiger partial charge in [-0.05, 0) is 38.6 Å². The van der Waals surface area contributed by atoms with Crippen LogP contribution in [0.1, 0.15) is 17.0 Å². The lowest BCUT2D eigenvalue weighted by Gasteiger charge is -2.06. The van der Waals surface area contributed by atoms with E-state index in [2.05, 4.69) is 20.5 Å². The third-order valence-corrected chi connectivity index (χ3v) is 2.56. The van der Waals surface area contributed by atoms with E-state index >= 15 is 0 Å². The summed E-state index contributed by atoms with van der Waals surface area (Å²) < 4.78 is 5.59. The Morgan fingerprint density at radius 1 is 1.17 bits per heavy atom. The van der Waals surface area contributed by atoms with Crippen molar-refractivity contribution in [1.29, 1.82) is 0 Å². The average Bonchev–Trinajstić information content (AvgIpc) is 2.35. The van der Waals surface area contributed by atoms with Gasteiger partial charge in [0, 0.05) is 6.54 Å². The van der Waals surface area contributed by atoms with Gasteiger partial charge in [-0.1, -0.05) is 17.2 Å².